The first-order chi connectivity index (χ1) is 14.3. The van der Waals surface area contributed by atoms with Crippen molar-refractivity contribution in [3.8, 4) is 0 Å². The molecule has 2 aliphatic rings. The minimum Gasteiger partial charge on any atom is -0.435 e. The molecule has 2 saturated heterocycles. The van der Waals surface area contributed by atoms with Crippen molar-refractivity contribution in [3.63, 3.8) is 0 Å². The van der Waals surface area contributed by atoms with Crippen LogP contribution in [0.15, 0.2) is 0 Å². The van der Waals surface area contributed by atoms with Crippen molar-refractivity contribution < 1.29 is 28.5 Å². The molecule has 8 heteroatoms. The van der Waals surface area contributed by atoms with Crippen LogP contribution in [0.1, 0.15) is 88.0 Å². The first-order valence-corrected chi connectivity index (χ1v) is 18.2. The SMILES string of the molecule is C.C.C.C.CC[Si](C)(CCCC(C(=O)OC1CCCCO1)C(=O)OC1CCCCO1)C[SiH](C)C. The Morgan fingerprint density at radius 2 is 1.38 bits per heavy atom. The first kappa shape index (κ1) is 37.8. The van der Waals surface area contributed by atoms with Crippen LogP contribution in [-0.4, -0.2) is 54.6 Å². The Hall–Kier alpha value is -0.706. The Labute approximate surface area is 214 Å². The van der Waals surface area contributed by atoms with E-state index in [1.165, 1.54) is 11.7 Å². The van der Waals surface area contributed by atoms with Gasteiger partial charge in [-0.15, -0.1) is 0 Å². The third-order valence-electron chi connectivity index (χ3n) is 6.37. The van der Waals surface area contributed by atoms with E-state index < -0.39 is 47.3 Å². The lowest BCUT2D eigenvalue weighted by Gasteiger charge is -2.29. The van der Waals surface area contributed by atoms with Crippen LogP contribution >= 0.6 is 0 Å². The second-order valence-corrected chi connectivity index (χ2v) is 18.9. The molecule has 0 amide bonds. The molecular weight excluding hydrogens is 464 g/mol. The second kappa shape index (κ2) is 19.5. The van der Waals surface area contributed by atoms with E-state index >= 15 is 0 Å². The molecule has 0 saturated carbocycles. The summed E-state index contributed by atoms with van der Waals surface area (Å²) >= 11 is 0. The molecule has 2 fully saturated rings. The molecule has 0 radical (unpaired) electrons. The van der Waals surface area contributed by atoms with E-state index in [1.54, 1.807) is 0 Å². The average Bonchev–Trinajstić information content (AvgIpc) is 2.72. The maximum atomic E-state index is 12.9. The van der Waals surface area contributed by atoms with E-state index in [4.69, 9.17) is 18.9 Å². The van der Waals surface area contributed by atoms with Gasteiger partial charge in [0.05, 0.1) is 13.2 Å². The van der Waals surface area contributed by atoms with Gasteiger partial charge >= 0.3 is 11.9 Å². The van der Waals surface area contributed by atoms with Crippen molar-refractivity contribution in [1.82, 2.24) is 0 Å². The molecular formula is C26H58O6Si2. The van der Waals surface area contributed by atoms with Crippen LogP contribution in [0.2, 0.25) is 37.4 Å². The lowest BCUT2D eigenvalue weighted by Crippen LogP contribution is -2.37. The summed E-state index contributed by atoms with van der Waals surface area (Å²) in [4.78, 5) is 25.7. The van der Waals surface area contributed by atoms with Crippen LogP contribution in [0.25, 0.3) is 0 Å². The summed E-state index contributed by atoms with van der Waals surface area (Å²) in [5.41, 5.74) is 1.41. The summed E-state index contributed by atoms with van der Waals surface area (Å²) < 4.78 is 22.2. The Morgan fingerprint density at radius 1 is 0.912 bits per heavy atom. The third kappa shape index (κ3) is 13.4. The maximum absolute atomic E-state index is 12.9. The van der Waals surface area contributed by atoms with Gasteiger partial charge in [-0.3, -0.25) is 9.59 Å². The van der Waals surface area contributed by atoms with Crippen LogP contribution in [-0.2, 0) is 28.5 Å². The highest BCUT2D eigenvalue weighted by molar-refractivity contribution is 6.88. The molecule has 6 nitrogen and oxygen atoms in total. The molecule has 0 bridgehead atoms. The Morgan fingerprint density at radius 3 is 1.74 bits per heavy atom. The molecule has 0 N–H and O–H groups in total. The highest BCUT2D eigenvalue weighted by Gasteiger charge is 2.35. The zero-order chi connectivity index (χ0) is 22.0. The van der Waals surface area contributed by atoms with Crippen molar-refractivity contribution in [2.24, 2.45) is 5.92 Å². The highest BCUT2D eigenvalue weighted by Crippen LogP contribution is 2.27. The predicted molar refractivity (Wildman–Crippen MR) is 150 cm³/mol. The number of rotatable bonds is 11. The smallest absolute Gasteiger partial charge is 0.322 e. The van der Waals surface area contributed by atoms with Crippen LogP contribution in [0.4, 0.5) is 0 Å². The fraction of sp³-hybridized carbons (Fsp3) is 0.923. The maximum Gasteiger partial charge on any atom is 0.322 e. The quantitative estimate of drug-likeness (QED) is 0.162. The molecule has 2 heterocycles. The molecule has 2 aliphatic heterocycles. The summed E-state index contributed by atoms with van der Waals surface area (Å²) in [6.45, 7) is 10.8. The number of carbonyl (C=O) groups excluding carboxylic acids is 2. The number of hydrogen-bond acceptors (Lipinski definition) is 6. The van der Waals surface area contributed by atoms with Gasteiger partial charge in [-0.25, -0.2) is 0 Å². The van der Waals surface area contributed by atoms with E-state index in [9.17, 15) is 9.59 Å². The molecule has 0 spiro atoms. The lowest BCUT2D eigenvalue weighted by molar-refractivity contribution is -0.204. The van der Waals surface area contributed by atoms with Gasteiger partial charge in [0, 0.05) is 29.7 Å². The van der Waals surface area contributed by atoms with Crippen molar-refractivity contribution in [1.29, 1.82) is 0 Å². The van der Waals surface area contributed by atoms with Gasteiger partial charge in [0.1, 0.15) is 0 Å². The number of hydrogen-bond donors (Lipinski definition) is 0. The van der Waals surface area contributed by atoms with Gasteiger partial charge in [0.2, 0.25) is 12.6 Å². The monoisotopic (exact) mass is 522 g/mol. The fourth-order valence-electron chi connectivity index (χ4n) is 4.51. The van der Waals surface area contributed by atoms with Crippen LogP contribution in [0.5, 0.6) is 0 Å². The van der Waals surface area contributed by atoms with Crippen molar-refractivity contribution in [2.45, 2.75) is 138 Å². The van der Waals surface area contributed by atoms with Crippen molar-refractivity contribution in [2.75, 3.05) is 13.2 Å². The van der Waals surface area contributed by atoms with Crippen molar-refractivity contribution >= 4 is 28.8 Å². The second-order valence-electron chi connectivity index (χ2n) is 9.67. The summed E-state index contributed by atoms with van der Waals surface area (Å²) in [7, 11) is -1.93. The van der Waals surface area contributed by atoms with Gasteiger partial charge in [-0.2, -0.15) is 0 Å². The van der Waals surface area contributed by atoms with Crippen molar-refractivity contribution in [3.05, 3.63) is 0 Å². The van der Waals surface area contributed by atoms with E-state index in [-0.39, 0.29) is 29.7 Å². The van der Waals surface area contributed by atoms with E-state index in [0.717, 1.165) is 38.1 Å². The Balaban J connectivity index is -0.00000240. The number of carbonyl (C=O) groups is 2. The van der Waals surface area contributed by atoms with Gasteiger partial charge in [-0.05, 0) is 32.1 Å². The molecule has 3 unspecified atom stereocenters. The normalized spacial score (nSPS) is 22.4. The summed E-state index contributed by atoms with van der Waals surface area (Å²) in [6, 6.07) is 2.40. The minimum absolute atomic E-state index is 0. The zero-order valence-electron chi connectivity index (χ0n) is 19.5. The minimum atomic E-state index is -1.30. The number of ether oxygens (including phenoxy) is 4. The Kier molecular flexibility index (Phi) is 21.7. The highest BCUT2D eigenvalue weighted by atomic mass is 28.4. The van der Waals surface area contributed by atoms with Gasteiger partial charge in [-0.1, -0.05) is 80.4 Å². The summed E-state index contributed by atoms with van der Waals surface area (Å²) in [6.07, 6.45) is 5.59. The molecule has 3 atom stereocenters. The van der Waals surface area contributed by atoms with E-state index in [0.29, 0.717) is 32.5 Å². The third-order valence-corrected chi connectivity index (χ3v) is 16.8. The zero-order valence-corrected chi connectivity index (χ0v) is 21.6. The topological polar surface area (TPSA) is 71.1 Å². The molecule has 0 aromatic heterocycles. The van der Waals surface area contributed by atoms with Gasteiger partial charge in [0.15, 0.2) is 5.92 Å². The molecule has 2 rings (SSSR count). The number of esters is 2. The van der Waals surface area contributed by atoms with E-state index in [1.807, 2.05) is 0 Å². The van der Waals surface area contributed by atoms with Gasteiger partial charge in [0.25, 0.3) is 0 Å². The molecule has 0 aromatic carbocycles. The Bertz CT molecular complexity index is 501. The van der Waals surface area contributed by atoms with Crippen LogP contribution in [0, 0.1) is 5.92 Å². The first-order valence-electron chi connectivity index (χ1n) is 12.0. The average molecular weight is 523 g/mol. The molecule has 0 aliphatic carbocycles. The standard InChI is InChI=1S/C22H42O6Si2.4CH4/c1-5-30(4,17-29(2)3)16-10-11-18(21(23)27-19-12-6-8-14-25-19)22(24)28-20-13-7-9-15-26-20;;;;/h18-20,29H,5-17H2,1-4H3;4*1H4. The van der Waals surface area contributed by atoms with E-state index in [2.05, 4.69) is 26.6 Å². The molecule has 34 heavy (non-hydrogen) atoms. The lowest BCUT2D eigenvalue weighted by atomic mass is 10.0. The largest absolute Gasteiger partial charge is 0.435 e. The van der Waals surface area contributed by atoms with Crippen LogP contribution < -0.4 is 0 Å². The molecule has 0 aromatic rings. The summed E-state index contributed by atoms with van der Waals surface area (Å²) in [5.74, 6) is -1.88. The van der Waals surface area contributed by atoms with Crippen LogP contribution in [0.3, 0.4) is 0 Å². The molecule has 206 valence electrons. The predicted octanol–water partition coefficient (Wildman–Crippen LogP) is 7.19. The van der Waals surface area contributed by atoms with Gasteiger partial charge < -0.3 is 18.9 Å². The fourth-order valence-corrected chi connectivity index (χ4v) is 15.8. The summed E-state index contributed by atoms with van der Waals surface area (Å²) in [5, 5.41) is 0.